The van der Waals surface area contributed by atoms with Gasteiger partial charge in [0.25, 0.3) is 5.91 Å². The summed E-state index contributed by atoms with van der Waals surface area (Å²) < 4.78 is 0. The zero-order valence-electron chi connectivity index (χ0n) is 12.7. The Kier molecular flexibility index (Phi) is 4.78. The van der Waals surface area contributed by atoms with Crippen molar-refractivity contribution < 1.29 is 9.90 Å². The maximum atomic E-state index is 12.2. The number of aromatic hydroxyl groups is 1. The largest absolute Gasteiger partial charge is 0.506 e. The maximum Gasteiger partial charge on any atom is 0.257 e. The molecule has 0 aromatic heterocycles. The summed E-state index contributed by atoms with van der Waals surface area (Å²) in [7, 11) is 0. The van der Waals surface area contributed by atoms with E-state index in [1.54, 1.807) is 24.3 Å². The second kappa shape index (κ2) is 6.58. The van der Waals surface area contributed by atoms with E-state index in [0.717, 1.165) is 16.7 Å². The number of hydrogen-bond donors (Lipinski definition) is 3. The molecule has 0 spiro atoms. The number of benzene rings is 2. The van der Waals surface area contributed by atoms with Gasteiger partial charge in [-0.3, -0.25) is 10.1 Å². The molecule has 0 aliphatic heterocycles. The Hall–Kier alpha value is -2.40. The SMILES string of the molecule is Cc1cc(O)c(NC(=S)NC(=O)c2ccccc2C)cc1C. The monoisotopic (exact) mass is 314 g/mol. The lowest BCUT2D eigenvalue weighted by Crippen LogP contribution is -2.34. The van der Waals surface area contributed by atoms with Crippen LogP contribution in [-0.4, -0.2) is 16.1 Å². The van der Waals surface area contributed by atoms with E-state index in [0.29, 0.717) is 11.3 Å². The van der Waals surface area contributed by atoms with Crippen molar-refractivity contribution in [2.24, 2.45) is 0 Å². The van der Waals surface area contributed by atoms with Crippen LogP contribution in [0.2, 0.25) is 0 Å². The lowest BCUT2D eigenvalue weighted by atomic mass is 10.1. The summed E-state index contributed by atoms with van der Waals surface area (Å²) >= 11 is 5.14. The minimum Gasteiger partial charge on any atom is -0.506 e. The fourth-order valence-corrected chi connectivity index (χ4v) is 2.26. The number of carbonyl (C=O) groups excluding carboxylic acids is 1. The van der Waals surface area contributed by atoms with Crippen molar-refractivity contribution in [1.29, 1.82) is 0 Å². The number of anilines is 1. The molecule has 0 bridgehead atoms. The van der Waals surface area contributed by atoms with Crippen LogP contribution in [0.15, 0.2) is 36.4 Å². The average Bonchev–Trinajstić information content (AvgIpc) is 2.45. The van der Waals surface area contributed by atoms with Gasteiger partial charge in [-0.15, -0.1) is 0 Å². The molecule has 2 aromatic carbocycles. The number of thiocarbonyl (C=S) groups is 1. The van der Waals surface area contributed by atoms with E-state index in [1.165, 1.54) is 0 Å². The fourth-order valence-electron chi connectivity index (χ4n) is 2.05. The second-order valence-electron chi connectivity index (χ2n) is 5.18. The Balaban J connectivity index is 2.09. The van der Waals surface area contributed by atoms with E-state index in [2.05, 4.69) is 10.6 Å². The maximum absolute atomic E-state index is 12.2. The van der Waals surface area contributed by atoms with Crippen LogP contribution in [0.1, 0.15) is 27.0 Å². The van der Waals surface area contributed by atoms with Crippen LogP contribution in [0.4, 0.5) is 5.69 Å². The van der Waals surface area contributed by atoms with Crippen LogP contribution >= 0.6 is 12.2 Å². The molecule has 0 fully saturated rings. The molecule has 0 saturated heterocycles. The van der Waals surface area contributed by atoms with Gasteiger partial charge in [0.2, 0.25) is 0 Å². The van der Waals surface area contributed by atoms with Crippen LogP contribution in [0.5, 0.6) is 5.75 Å². The molecule has 2 aromatic rings. The zero-order valence-corrected chi connectivity index (χ0v) is 13.5. The molecule has 5 heteroatoms. The molecule has 2 rings (SSSR count). The van der Waals surface area contributed by atoms with Gasteiger partial charge in [-0.25, -0.2) is 0 Å². The van der Waals surface area contributed by atoms with Crippen LogP contribution in [0.3, 0.4) is 0 Å². The minimum atomic E-state index is -0.279. The first-order valence-electron chi connectivity index (χ1n) is 6.86. The number of amides is 1. The third-order valence-corrected chi connectivity index (χ3v) is 3.68. The fraction of sp³-hybridized carbons (Fsp3) is 0.176. The predicted molar refractivity (Wildman–Crippen MR) is 92.4 cm³/mol. The van der Waals surface area contributed by atoms with E-state index in [9.17, 15) is 9.90 Å². The molecule has 0 unspecified atom stereocenters. The van der Waals surface area contributed by atoms with Gasteiger partial charge >= 0.3 is 0 Å². The van der Waals surface area contributed by atoms with Crippen molar-refractivity contribution in [1.82, 2.24) is 5.32 Å². The third-order valence-electron chi connectivity index (χ3n) is 3.48. The van der Waals surface area contributed by atoms with Gasteiger partial charge in [-0.05, 0) is 67.9 Å². The molecule has 4 nitrogen and oxygen atoms in total. The van der Waals surface area contributed by atoms with Gasteiger partial charge in [0.05, 0.1) is 5.69 Å². The number of aryl methyl sites for hydroxylation is 3. The van der Waals surface area contributed by atoms with Gasteiger partial charge in [0.15, 0.2) is 5.11 Å². The first-order chi connectivity index (χ1) is 10.4. The highest BCUT2D eigenvalue weighted by molar-refractivity contribution is 7.80. The molecule has 3 N–H and O–H groups in total. The minimum absolute atomic E-state index is 0.0931. The third kappa shape index (κ3) is 3.62. The van der Waals surface area contributed by atoms with Gasteiger partial charge in [-0.1, -0.05) is 18.2 Å². The van der Waals surface area contributed by atoms with Crippen molar-refractivity contribution in [3.63, 3.8) is 0 Å². The van der Waals surface area contributed by atoms with Crippen molar-refractivity contribution in [3.05, 3.63) is 58.7 Å². The van der Waals surface area contributed by atoms with Gasteiger partial charge < -0.3 is 10.4 Å². The molecule has 0 heterocycles. The van der Waals surface area contributed by atoms with Crippen LogP contribution in [0, 0.1) is 20.8 Å². The number of nitrogens with one attached hydrogen (secondary N) is 2. The van der Waals surface area contributed by atoms with Gasteiger partial charge in [0, 0.05) is 5.56 Å². The van der Waals surface area contributed by atoms with E-state index < -0.39 is 0 Å². The lowest BCUT2D eigenvalue weighted by molar-refractivity contribution is 0.0977. The van der Waals surface area contributed by atoms with Crippen molar-refractivity contribution in [2.75, 3.05) is 5.32 Å². The predicted octanol–water partition coefficient (Wildman–Crippen LogP) is 3.44. The van der Waals surface area contributed by atoms with Crippen LogP contribution in [-0.2, 0) is 0 Å². The highest BCUT2D eigenvalue weighted by Gasteiger charge is 2.11. The lowest BCUT2D eigenvalue weighted by Gasteiger charge is -2.13. The average molecular weight is 314 g/mol. The summed E-state index contributed by atoms with van der Waals surface area (Å²) in [5, 5.41) is 15.5. The molecular formula is C17H18N2O2S. The summed E-state index contributed by atoms with van der Waals surface area (Å²) in [4.78, 5) is 12.2. The molecule has 1 amide bonds. The normalized spacial score (nSPS) is 10.1. The summed E-state index contributed by atoms with van der Waals surface area (Å²) in [6.45, 7) is 5.71. The summed E-state index contributed by atoms with van der Waals surface area (Å²) in [5.41, 5.74) is 3.91. The van der Waals surface area contributed by atoms with Crippen LogP contribution in [0.25, 0.3) is 0 Å². The Bertz CT molecular complexity index is 741. The van der Waals surface area contributed by atoms with Crippen LogP contribution < -0.4 is 10.6 Å². The molecular weight excluding hydrogens is 296 g/mol. The first kappa shape index (κ1) is 16.0. The number of hydrogen-bond acceptors (Lipinski definition) is 3. The zero-order chi connectivity index (χ0) is 16.3. The standard InChI is InChI=1S/C17H18N2O2S/c1-10-6-4-5-7-13(10)16(21)19-17(22)18-14-8-11(2)12(3)9-15(14)20/h4-9,20H,1-3H3,(H2,18,19,21,22). The number of carbonyl (C=O) groups is 1. The summed E-state index contributed by atoms with van der Waals surface area (Å²) in [5.74, 6) is -0.186. The van der Waals surface area contributed by atoms with E-state index >= 15 is 0 Å². The molecule has 114 valence electrons. The molecule has 0 atom stereocenters. The van der Waals surface area contributed by atoms with E-state index in [-0.39, 0.29) is 16.8 Å². The number of rotatable bonds is 2. The van der Waals surface area contributed by atoms with Crippen molar-refractivity contribution in [3.8, 4) is 5.75 Å². The summed E-state index contributed by atoms with van der Waals surface area (Å²) in [6, 6.07) is 10.7. The topological polar surface area (TPSA) is 61.4 Å². The Morgan fingerprint density at radius 2 is 1.68 bits per heavy atom. The second-order valence-corrected chi connectivity index (χ2v) is 5.59. The molecule has 0 saturated carbocycles. The molecule has 0 radical (unpaired) electrons. The highest BCUT2D eigenvalue weighted by atomic mass is 32.1. The molecule has 22 heavy (non-hydrogen) atoms. The van der Waals surface area contributed by atoms with E-state index in [1.807, 2.05) is 32.9 Å². The molecule has 0 aliphatic rings. The highest BCUT2D eigenvalue weighted by Crippen LogP contribution is 2.26. The first-order valence-corrected chi connectivity index (χ1v) is 7.27. The smallest absolute Gasteiger partial charge is 0.257 e. The summed E-state index contributed by atoms with van der Waals surface area (Å²) in [6.07, 6.45) is 0. The Labute approximate surface area is 135 Å². The quantitative estimate of drug-likeness (QED) is 0.587. The number of phenols is 1. The Morgan fingerprint density at radius 1 is 1.05 bits per heavy atom. The molecule has 0 aliphatic carbocycles. The van der Waals surface area contributed by atoms with Gasteiger partial charge in [0.1, 0.15) is 5.75 Å². The van der Waals surface area contributed by atoms with Crippen molar-refractivity contribution in [2.45, 2.75) is 20.8 Å². The van der Waals surface area contributed by atoms with E-state index in [4.69, 9.17) is 12.2 Å². The number of phenolic OH excluding ortho intramolecular Hbond substituents is 1. The van der Waals surface area contributed by atoms with Crippen molar-refractivity contribution >= 4 is 28.9 Å². The van der Waals surface area contributed by atoms with Gasteiger partial charge in [-0.2, -0.15) is 0 Å². The Morgan fingerprint density at radius 3 is 2.36 bits per heavy atom.